The monoisotopic (exact) mass is 265 g/mol. The standard InChI is InChI=1S/C15H23NO3/c1-5-18-13-8-6-7-12(16)14(13)15(17)19-11(4)9-10(2)3/h6-8,10-11H,5,9,16H2,1-4H3. The number of nitrogens with two attached hydrogens (primary N) is 1. The molecule has 0 bridgehead atoms. The van der Waals surface area contributed by atoms with Crippen LogP contribution in [0.2, 0.25) is 0 Å². The summed E-state index contributed by atoms with van der Waals surface area (Å²) in [5.74, 6) is 0.529. The second kappa shape index (κ2) is 7.02. The van der Waals surface area contributed by atoms with Crippen LogP contribution in [0.4, 0.5) is 5.69 Å². The molecule has 2 N–H and O–H groups in total. The van der Waals surface area contributed by atoms with E-state index in [1.807, 2.05) is 13.8 Å². The molecule has 19 heavy (non-hydrogen) atoms. The highest BCUT2D eigenvalue weighted by molar-refractivity contribution is 5.98. The molecule has 1 aromatic rings. The van der Waals surface area contributed by atoms with E-state index in [0.717, 1.165) is 6.42 Å². The van der Waals surface area contributed by atoms with Crippen LogP contribution in [0.1, 0.15) is 44.5 Å². The number of hydrogen-bond acceptors (Lipinski definition) is 4. The van der Waals surface area contributed by atoms with Gasteiger partial charge in [0, 0.05) is 5.69 Å². The van der Waals surface area contributed by atoms with Gasteiger partial charge in [0.25, 0.3) is 0 Å². The van der Waals surface area contributed by atoms with Gasteiger partial charge in [-0.15, -0.1) is 0 Å². The number of benzene rings is 1. The van der Waals surface area contributed by atoms with Gasteiger partial charge in [-0.25, -0.2) is 4.79 Å². The number of ether oxygens (including phenoxy) is 2. The predicted octanol–water partition coefficient (Wildman–Crippen LogP) is 3.26. The molecule has 1 atom stereocenters. The summed E-state index contributed by atoms with van der Waals surface area (Å²) in [5.41, 5.74) is 6.55. The molecular formula is C15H23NO3. The van der Waals surface area contributed by atoms with Gasteiger partial charge in [-0.2, -0.15) is 0 Å². The first-order valence-electron chi connectivity index (χ1n) is 6.68. The minimum atomic E-state index is -0.422. The van der Waals surface area contributed by atoms with E-state index in [0.29, 0.717) is 29.5 Å². The van der Waals surface area contributed by atoms with Gasteiger partial charge in [-0.3, -0.25) is 0 Å². The number of carbonyl (C=O) groups is 1. The van der Waals surface area contributed by atoms with E-state index in [9.17, 15) is 4.79 Å². The van der Waals surface area contributed by atoms with E-state index < -0.39 is 5.97 Å². The van der Waals surface area contributed by atoms with Crippen molar-refractivity contribution < 1.29 is 14.3 Å². The van der Waals surface area contributed by atoms with Gasteiger partial charge >= 0.3 is 5.97 Å². The smallest absolute Gasteiger partial charge is 0.344 e. The Hall–Kier alpha value is -1.71. The van der Waals surface area contributed by atoms with Crippen LogP contribution >= 0.6 is 0 Å². The number of nitrogen functional groups attached to an aromatic ring is 1. The minimum absolute atomic E-state index is 0.137. The maximum absolute atomic E-state index is 12.2. The molecule has 0 radical (unpaired) electrons. The van der Waals surface area contributed by atoms with Gasteiger partial charge in [0.2, 0.25) is 0 Å². The maximum Gasteiger partial charge on any atom is 0.344 e. The molecule has 0 aliphatic carbocycles. The molecule has 0 aromatic heterocycles. The molecule has 1 aromatic carbocycles. The molecule has 106 valence electrons. The zero-order valence-electron chi connectivity index (χ0n) is 12.1. The second-order valence-electron chi connectivity index (χ2n) is 5.00. The molecule has 1 unspecified atom stereocenters. The highest BCUT2D eigenvalue weighted by Crippen LogP contribution is 2.26. The lowest BCUT2D eigenvalue weighted by Crippen LogP contribution is -2.18. The molecule has 0 saturated carbocycles. The Morgan fingerprint density at radius 2 is 2.00 bits per heavy atom. The van der Waals surface area contributed by atoms with Gasteiger partial charge in [0.05, 0.1) is 12.7 Å². The lowest BCUT2D eigenvalue weighted by Gasteiger charge is -2.17. The Morgan fingerprint density at radius 3 is 2.58 bits per heavy atom. The number of carbonyl (C=O) groups excluding carboxylic acids is 1. The van der Waals surface area contributed by atoms with Crippen molar-refractivity contribution in [2.75, 3.05) is 12.3 Å². The minimum Gasteiger partial charge on any atom is -0.493 e. The highest BCUT2D eigenvalue weighted by Gasteiger charge is 2.20. The Kier molecular flexibility index (Phi) is 5.67. The summed E-state index contributed by atoms with van der Waals surface area (Å²) < 4.78 is 10.8. The molecule has 1 rings (SSSR count). The molecule has 0 aliphatic rings. The van der Waals surface area contributed by atoms with Crippen LogP contribution in [0.15, 0.2) is 18.2 Å². The number of anilines is 1. The van der Waals surface area contributed by atoms with Crippen LogP contribution in [-0.4, -0.2) is 18.7 Å². The average molecular weight is 265 g/mol. The van der Waals surface area contributed by atoms with E-state index in [1.165, 1.54) is 0 Å². The van der Waals surface area contributed by atoms with E-state index in [2.05, 4.69) is 13.8 Å². The van der Waals surface area contributed by atoms with Crippen molar-refractivity contribution in [3.63, 3.8) is 0 Å². The zero-order valence-corrected chi connectivity index (χ0v) is 12.1. The average Bonchev–Trinajstić information content (AvgIpc) is 2.27. The molecule has 4 nitrogen and oxygen atoms in total. The molecule has 0 fully saturated rings. The quantitative estimate of drug-likeness (QED) is 0.633. The van der Waals surface area contributed by atoms with Crippen LogP contribution in [-0.2, 0) is 4.74 Å². The fourth-order valence-electron chi connectivity index (χ4n) is 2.00. The number of rotatable bonds is 6. The van der Waals surface area contributed by atoms with E-state index in [4.69, 9.17) is 15.2 Å². The first-order valence-corrected chi connectivity index (χ1v) is 6.68. The van der Waals surface area contributed by atoms with Gasteiger partial charge in [-0.1, -0.05) is 19.9 Å². The molecule has 4 heteroatoms. The molecule has 0 heterocycles. The fraction of sp³-hybridized carbons (Fsp3) is 0.533. The van der Waals surface area contributed by atoms with Crippen molar-refractivity contribution in [1.82, 2.24) is 0 Å². The summed E-state index contributed by atoms with van der Waals surface area (Å²) in [5, 5.41) is 0. The van der Waals surface area contributed by atoms with Gasteiger partial charge in [-0.05, 0) is 38.3 Å². The summed E-state index contributed by atoms with van der Waals surface area (Å²) in [6.07, 6.45) is 0.684. The summed E-state index contributed by atoms with van der Waals surface area (Å²) in [4.78, 5) is 12.2. The largest absolute Gasteiger partial charge is 0.493 e. The molecule has 0 saturated heterocycles. The first kappa shape index (κ1) is 15.3. The van der Waals surface area contributed by atoms with E-state index >= 15 is 0 Å². The maximum atomic E-state index is 12.2. The zero-order chi connectivity index (χ0) is 14.4. The van der Waals surface area contributed by atoms with Crippen LogP contribution < -0.4 is 10.5 Å². The van der Waals surface area contributed by atoms with Crippen LogP contribution in [0.5, 0.6) is 5.75 Å². The third-order valence-electron chi connectivity index (χ3n) is 2.67. The highest BCUT2D eigenvalue weighted by atomic mass is 16.5. The van der Waals surface area contributed by atoms with E-state index in [1.54, 1.807) is 18.2 Å². The molecular weight excluding hydrogens is 242 g/mol. The third kappa shape index (κ3) is 4.47. The third-order valence-corrected chi connectivity index (χ3v) is 2.67. The summed E-state index contributed by atoms with van der Waals surface area (Å²) in [7, 11) is 0. The van der Waals surface area contributed by atoms with Gasteiger partial charge in [0.15, 0.2) is 0 Å². The summed E-state index contributed by atoms with van der Waals surface area (Å²) in [6, 6.07) is 5.16. The van der Waals surface area contributed by atoms with Crippen LogP contribution in [0.25, 0.3) is 0 Å². The van der Waals surface area contributed by atoms with Crippen molar-refractivity contribution in [2.45, 2.75) is 40.2 Å². The Balaban J connectivity index is 2.86. The number of hydrogen-bond donors (Lipinski definition) is 1. The summed E-state index contributed by atoms with van der Waals surface area (Å²) >= 11 is 0. The Bertz CT molecular complexity index is 429. The second-order valence-corrected chi connectivity index (χ2v) is 5.00. The predicted molar refractivity (Wildman–Crippen MR) is 76.4 cm³/mol. The van der Waals surface area contributed by atoms with Gasteiger partial charge in [0.1, 0.15) is 11.3 Å². The van der Waals surface area contributed by atoms with Crippen molar-refractivity contribution in [3.05, 3.63) is 23.8 Å². The van der Waals surface area contributed by atoms with Crippen molar-refractivity contribution >= 4 is 11.7 Å². The van der Waals surface area contributed by atoms with Crippen molar-refractivity contribution in [2.24, 2.45) is 5.92 Å². The topological polar surface area (TPSA) is 61.5 Å². The van der Waals surface area contributed by atoms with Crippen molar-refractivity contribution in [1.29, 1.82) is 0 Å². The molecule has 0 spiro atoms. The SMILES string of the molecule is CCOc1cccc(N)c1C(=O)OC(C)CC(C)C. The van der Waals surface area contributed by atoms with Crippen LogP contribution in [0, 0.1) is 5.92 Å². The van der Waals surface area contributed by atoms with Crippen LogP contribution in [0.3, 0.4) is 0 Å². The molecule has 0 amide bonds. The first-order chi connectivity index (χ1) is 8.95. The van der Waals surface area contributed by atoms with E-state index in [-0.39, 0.29) is 6.10 Å². The normalized spacial score (nSPS) is 12.3. The van der Waals surface area contributed by atoms with Gasteiger partial charge < -0.3 is 15.2 Å². The Labute approximate surface area is 114 Å². The lowest BCUT2D eigenvalue weighted by atomic mass is 10.1. The van der Waals surface area contributed by atoms with Crippen molar-refractivity contribution in [3.8, 4) is 5.75 Å². The lowest BCUT2D eigenvalue weighted by molar-refractivity contribution is 0.0297. The molecule has 0 aliphatic heterocycles. The Morgan fingerprint density at radius 1 is 1.32 bits per heavy atom. The summed E-state index contributed by atoms with van der Waals surface area (Å²) in [6.45, 7) is 8.40. The number of esters is 1. The fourth-order valence-corrected chi connectivity index (χ4v) is 2.00.